The molecule has 1 fully saturated rings. The fourth-order valence-electron chi connectivity index (χ4n) is 3.61. The topological polar surface area (TPSA) is 64.5 Å². The van der Waals surface area contributed by atoms with Crippen LogP contribution in [0.3, 0.4) is 0 Å². The third-order valence-corrected chi connectivity index (χ3v) is 6.10. The molecule has 2 aromatic rings. The van der Waals surface area contributed by atoms with Crippen molar-refractivity contribution in [1.29, 1.82) is 0 Å². The predicted octanol–water partition coefficient (Wildman–Crippen LogP) is 5.90. The Morgan fingerprint density at radius 1 is 0.714 bits per heavy atom. The molecule has 0 aliphatic heterocycles. The molecule has 1 aliphatic carbocycles. The minimum atomic E-state index is 0.0531. The van der Waals surface area contributed by atoms with Crippen LogP contribution in [0.4, 0.5) is 0 Å². The number of rotatable bonds is 6. The van der Waals surface area contributed by atoms with Crippen LogP contribution in [0.15, 0.2) is 24.3 Å². The van der Waals surface area contributed by atoms with Crippen LogP contribution >= 0.6 is 46.4 Å². The lowest BCUT2D eigenvalue weighted by molar-refractivity contribution is 0.279. The van der Waals surface area contributed by atoms with Gasteiger partial charge in [0.05, 0.1) is 10.0 Å². The number of nitrogens with one attached hydrogen (secondary N) is 2. The highest BCUT2D eigenvalue weighted by Gasteiger charge is 2.25. The van der Waals surface area contributed by atoms with E-state index in [0.29, 0.717) is 34.3 Å². The Labute approximate surface area is 184 Å². The van der Waals surface area contributed by atoms with Gasteiger partial charge in [0.1, 0.15) is 11.5 Å². The summed E-state index contributed by atoms with van der Waals surface area (Å²) in [4.78, 5) is 0. The predicted molar refractivity (Wildman–Crippen MR) is 116 cm³/mol. The summed E-state index contributed by atoms with van der Waals surface area (Å²) in [5.74, 6) is 0.106. The molecule has 4 nitrogen and oxygen atoms in total. The molecule has 0 spiro atoms. The Morgan fingerprint density at radius 3 is 1.50 bits per heavy atom. The van der Waals surface area contributed by atoms with Gasteiger partial charge in [0.15, 0.2) is 0 Å². The summed E-state index contributed by atoms with van der Waals surface area (Å²) in [7, 11) is 0. The largest absolute Gasteiger partial charge is 0.506 e. The van der Waals surface area contributed by atoms with Gasteiger partial charge in [-0.1, -0.05) is 59.2 Å². The zero-order valence-corrected chi connectivity index (χ0v) is 18.1. The summed E-state index contributed by atoms with van der Waals surface area (Å²) in [6, 6.07) is 6.90. The highest BCUT2D eigenvalue weighted by molar-refractivity contribution is 6.36. The molecule has 1 saturated carbocycles. The molecule has 4 N–H and O–H groups in total. The van der Waals surface area contributed by atoms with Gasteiger partial charge in [0.25, 0.3) is 0 Å². The monoisotopic (exact) mass is 462 g/mol. The zero-order chi connectivity index (χ0) is 20.3. The Balaban J connectivity index is 1.65. The maximum Gasteiger partial charge on any atom is 0.138 e. The molecule has 0 aromatic heterocycles. The van der Waals surface area contributed by atoms with E-state index >= 15 is 0 Å². The molecule has 2 aromatic carbocycles. The second kappa shape index (κ2) is 9.75. The fourth-order valence-corrected chi connectivity index (χ4v) is 4.68. The Kier molecular flexibility index (Phi) is 7.60. The quantitative estimate of drug-likeness (QED) is 0.430. The van der Waals surface area contributed by atoms with Crippen LogP contribution in [0.5, 0.6) is 11.5 Å². The standard InChI is InChI=1S/C20H22Cl4N2O2/c21-13-5-11(19(27)15(23)7-13)9-25-17-3-1-2-4-18(17)26-10-12-6-14(22)8-16(24)20(12)28/h5-8,17-18,25-28H,1-4,9-10H2/t17-,18-/m0/s1. The molecule has 0 amide bonds. The molecule has 3 rings (SSSR count). The Hall–Kier alpha value is -0.880. The number of phenols is 2. The molecular formula is C20H22Cl4N2O2. The molecule has 0 bridgehead atoms. The van der Waals surface area contributed by atoms with Gasteiger partial charge in [-0.05, 0) is 37.1 Å². The first-order valence-electron chi connectivity index (χ1n) is 9.15. The lowest BCUT2D eigenvalue weighted by atomic mass is 9.90. The molecule has 28 heavy (non-hydrogen) atoms. The van der Waals surface area contributed by atoms with E-state index < -0.39 is 0 Å². The van der Waals surface area contributed by atoms with E-state index in [1.807, 2.05) is 0 Å². The van der Waals surface area contributed by atoms with Gasteiger partial charge in [-0.2, -0.15) is 0 Å². The number of benzene rings is 2. The van der Waals surface area contributed by atoms with Crippen molar-refractivity contribution in [3.8, 4) is 11.5 Å². The molecule has 0 heterocycles. The van der Waals surface area contributed by atoms with Gasteiger partial charge in [0, 0.05) is 46.3 Å². The van der Waals surface area contributed by atoms with Crippen molar-refractivity contribution in [2.45, 2.75) is 50.9 Å². The van der Waals surface area contributed by atoms with Crippen LogP contribution in [0.1, 0.15) is 36.8 Å². The van der Waals surface area contributed by atoms with E-state index in [1.54, 1.807) is 12.1 Å². The number of aromatic hydroxyl groups is 2. The molecule has 0 radical (unpaired) electrons. The summed E-state index contributed by atoms with van der Waals surface area (Å²) in [6.45, 7) is 0.923. The molecule has 8 heteroatoms. The molecule has 1 aliphatic rings. The average Bonchev–Trinajstić information content (AvgIpc) is 2.65. The summed E-state index contributed by atoms with van der Waals surface area (Å²) in [6.07, 6.45) is 4.28. The second-order valence-corrected chi connectivity index (χ2v) is 8.74. The normalized spacial score (nSPS) is 19.7. The van der Waals surface area contributed by atoms with E-state index in [0.717, 1.165) is 25.7 Å². The SMILES string of the molecule is Oc1c(Cl)cc(Cl)cc1CN[C@H]1CCCC[C@@H]1NCc1cc(Cl)cc(Cl)c1O. The van der Waals surface area contributed by atoms with Crippen molar-refractivity contribution < 1.29 is 10.2 Å². The number of halogens is 4. The van der Waals surface area contributed by atoms with Crippen molar-refractivity contribution in [3.05, 3.63) is 55.5 Å². The maximum atomic E-state index is 10.2. The van der Waals surface area contributed by atoms with Crippen LogP contribution in [0, 0.1) is 0 Å². The fraction of sp³-hybridized carbons (Fsp3) is 0.400. The van der Waals surface area contributed by atoms with Crippen molar-refractivity contribution in [2.24, 2.45) is 0 Å². The van der Waals surface area contributed by atoms with E-state index in [2.05, 4.69) is 10.6 Å². The first-order chi connectivity index (χ1) is 13.3. The van der Waals surface area contributed by atoms with Crippen LogP contribution in [-0.4, -0.2) is 22.3 Å². The lowest BCUT2D eigenvalue weighted by Crippen LogP contribution is -2.49. The molecule has 0 unspecified atom stereocenters. The minimum absolute atomic E-state index is 0.0531. The van der Waals surface area contributed by atoms with E-state index in [-0.39, 0.29) is 33.6 Å². The van der Waals surface area contributed by atoms with Gasteiger partial charge in [-0.3, -0.25) is 0 Å². The highest BCUT2D eigenvalue weighted by Crippen LogP contribution is 2.33. The van der Waals surface area contributed by atoms with Gasteiger partial charge < -0.3 is 20.8 Å². The second-order valence-electron chi connectivity index (χ2n) is 7.05. The van der Waals surface area contributed by atoms with E-state index in [1.165, 1.54) is 12.1 Å². The smallest absolute Gasteiger partial charge is 0.138 e. The van der Waals surface area contributed by atoms with Crippen molar-refractivity contribution >= 4 is 46.4 Å². The van der Waals surface area contributed by atoms with E-state index in [4.69, 9.17) is 46.4 Å². The molecule has 152 valence electrons. The van der Waals surface area contributed by atoms with Crippen molar-refractivity contribution in [1.82, 2.24) is 10.6 Å². The third-order valence-electron chi connectivity index (χ3n) is 5.09. The third kappa shape index (κ3) is 5.38. The van der Waals surface area contributed by atoms with Gasteiger partial charge in [-0.25, -0.2) is 0 Å². The zero-order valence-electron chi connectivity index (χ0n) is 15.1. The Bertz CT molecular complexity index is 778. The lowest BCUT2D eigenvalue weighted by Gasteiger charge is -2.33. The summed E-state index contributed by atoms with van der Waals surface area (Å²) in [5, 5.41) is 28.8. The molecule has 0 saturated heterocycles. The van der Waals surface area contributed by atoms with Crippen LogP contribution < -0.4 is 10.6 Å². The van der Waals surface area contributed by atoms with E-state index in [9.17, 15) is 10.2 Å². The average molecular weight is 464 g/mol. The molecular weight excluding hydrogens is 442 g/mol. The summed E-state index contributed by atoms with van der Waals surface area (Å²) < 4.78 is 0. The number of hydrogen-bond donors (Lipinski definition) is 4. The van der Waals surface area contributed by atoms with Gasteiger partial charge in [-0.15, -0.1) is 0 Å². The Morgan fingerprint density at radius 2 is 1.11 bits per heavy atom. The van der Waals surface area contributed by atoms with Gasteiger partial charge >= 0.3 is 0 Å². The highest BCUT2D eigenvalue weighted by atomic mass is 35.5. The van der Waals surface area contributed by atoms with Crippen LogP contribution in [0.25, 0.3) is 0 Å². The summed E-state index contributed by atoms with van der Waals surface area (Å²) >= 11 is 24.1. The van der Waals surface area contributed by atoms with Crippen molar-refractivity contribution in [2.75, 3.05) is 0 Å². The van der Waals surface area contributed by atoms with Gasteiger partial charge in [0.2, 0.25) is 0 Å². The number of phenolic OH excluding ortho intramolecular Hbond substituents is 2. The van der Waals surface area contributed by atoms with Crippen LogP contribution in [0.2, 0.25) is 20.1 Å². The first-order valence-corrected chi connectivity index (χ1v) is 10.7. The number of hydrogen-bond acceptors (Lipinski definition) is 4. The minimum Gasteiger partial charge on any atom is -0.506 e. The van der Waals surface area contributed by atoms with Crippen LogP contribution in [-0.2, 0) is 13.1 Å². The first kappa shape index (κ1) is 21.8. The van der Waals surface area contributed by atoms with Crippen molar-refractivity contribution in [3.63, 3.8) is 0 Å². The summed E-state index contributed by atoms with van der Waals surface area (Å²) in [5.41, 5.74) is 1.34. The molecule has 2 atom stereocenters. The maximum absolute atomic E-state index is 10.2.